The number of para-hydroxylation sites is 1. The fourth-order valence-electron chi connectivity index (χ4n) is 3.41. The molecule has 2 aliphatic rings. The zero-order valence-corrected chi connectivity index (χ0v) is 15.8. The molecule has 2 heterocycles. The lowest BCUT2D eigenvalue weighted by Crippen LogP contribution is -2.54. The highest BCUT2D eigenvalue weighted by molar-refractivity contribution is 7.91. The Morgan fingerprint density at radius 2 is 1.92 bits per heavy atom. The van der Waals surface area contributed by atoms with Crippen LogP contribution in [-0.2, 0) is 14.6 Å². The van der Waals surface area contributed by atoms with Crippen molar-refractivity contribution in [3.05, 3.63) is 29.3 Å². The Kier molecular flexibility index (Phi) is 5.55. The number of hydrogen-bond donors (Lipinski definition) is 0. The number of nitrogens with zero attached hydrogens (tertiary/aromatic N) is 2. The van der Waals surface area contributed by atoms with Gasteiger partial charge in [0.1, 0.15) is 5.75 Å². The van der Waals surface area contributed by atoms with Crippen molar-refractivity contribution in [2.24, 2.45) is 0 Å². The minimum atomic E-state index is -2.88. The predicted octanol–water partition coefficient (Wildman–Crippen LogP) is 1.44. The SMILES string of the molecule is C[C@@H](Oc1ccccc1Cl)C(=O)N1CCN([C@H]2CCS(=O)(=O)C2)CC1. The van der Waals surface area contributed by atoms with Crippen molar-refractivity contribution in [3.63, 3.8) is 0 Å². The van der Waals surface area contributed by atoms with Crippen molar-refractivity contribution in [3.8, 4) is 5.75 Å². The number of amides is 1. The predicted molar refractivity (Wildman–Crippen MR) is 96.8 cm³/mol. The normalized spacial score (nSPS) is 24.9. The molecule has 2 aliphatic heterocycles. The Morgan fingerprint density at radius 1 is 1.24 bits per heavy atom. The highest BCUT2D eigenvalue weighted by Gasteiger charge is 2.35. The molecule has 1 aromatic carbocycles. The molecule has 1 amide bonds. The summed E-state index contributed by atoms with van der Waals surface area (Å²) in [5.74, 6) is 0.949. The van der Waals surface area contributed by atoms with E-state index in [2.05, 4.69) is 4.90 Å². The van der Waals surface area contributed by atoms with Gasteiger partial charge in [-0.05, 0) is 25.5 Å². The fraction of sp³-hybridized carbons (Fsp3) is 0.588. The second-order valence-electron chi connectivity index (χ2n) is 6.61. The number of ether oxygens (including phenoxy) is 1. The van der Waals surface area contributed by atoms with Crippen LogP contribution in [0.15, 0.2) is 24.3 Å². The van der Waals surface area contributed by atoms with Crippen molar-refractivity contribution in [1.82, 2.24) is 9.80 Å². The molecule has 0 aliphatic carbocycles. The Bertz CT molecular complexity index is 732. The van der Waals surface area contributed by atoms with Gasteiger partial charge >= 0.3 is 0 Å². The first kappa shape index (κ1) is 18.5. The minimum Gasteiger partial charge on any atom is -0.479 e. The van der Waals surface area contributed by atoms with Crippen LogP contribution in [-0.4, -0.2) is 74.0 Å². The van der Waals surface area contributed by atoms with Crippen LogP contribution in [0, 0.1) is 0 Å². The number of piperazine rings is 1. The lowest BCUT2D eigenvalue weighted by molar-refractivity contribution is -0.140. The van der Waals surface area contributed by atoms with Gasteiger partial charge in [-0.2, -0.15) is 0 Å². The van der Waals surface area contributed by atoms with E-state index >= 15 is 0 Å². The van der Waals surface area contributed by atoms with Crippen LogP contribution in [0.2, 0.25) is 5.02 Å². The summed E-state index contributed by atoms with van der Waals surface area (Å²) in [5.41, 5.74) is 0. The molecule has 0 spiro atoms. The molecule has 8 heteroatoms. The molecule has 2 fully saturated rings. The van der Waals surface area contributed by atoms with E-state index in [-0.39, 0.29) is 23.5 Å². The summed E-state index contributed by atoms with van der Waals surface area (Å²) < 4.78 is 29.0. The Morgan fingerprint density at radius 3 is 2.52 bits per heavy atom. The molecule has 0 bridgehead atoms. The van der Waals surface area contributed by atoms with Gasteiger partial charge in [-0.3, -0.25) is 9.69 Å². The lowest BCUT2D eigenvalue weighted by atomic mass is 10.2. The highest BCUT2D eigenvalue weighted by Crippen LogP contribution is 2.25. The minimum absolute atomic E-state index is 0.0707. The summed E-state index contributed by atoms with van der Waals surface area (Å²) in [6.07, 6.45) is 0.0840. The molecule has 25 heavy (non-hydrogen) atoms. The van der Waals surface area contributed by atoms with Crippen LogP contribution in [0.3, 0.4) is 0 Å². The van der Waals surface area contributed by atoms with Crippen molar-refractivity contribution in [2.75, 3.05) is 37.7 Å². The summed E-state index contributed by atoms with van der Waals surface area (Å²) in [4.78, 5) is 16.6. The molecule has 6 nitrogen and oxygen atoms in total. The first-order valence-electron chi connectivity index (χ1n) is 8.50. The molecule has 138 valence electrons. The second-order valence-corrected chi connectivity index (χ2v) is 9.24. The van der Waals surface area contributed by atoms with Gasteiger partial charge in [-0.1, -0.05) is 23.7 Å². The molecule has 0 unspecified atom stereocenters. The molecule has 2 saturated heterocycles. The maximum Gasteiger partial charge on any atom is 0.263 e. The van der Waals surface area contributed by atoms with Crippen LogP contribution in [0.1, 0.15) is 13.3 Å². The van der Waals surface area contributed by atoms with Gasteiger partial charge in [0, 0.05) is 32.2 Å². The van der Waals surface area contributed by atoms with Crippen molar-refractivity contribution in [1.29, 1.82) is 0 Å². The Labute approximate surface area is 153 Å². The topological polar surface area (TPSA) is 66.9 Å². The summed E-state index contributed by atoms with van der Waals surface area (Å²) in [6, 6.07) is 7.18. The molecule has 0 N–H and O–H groups in total. The molecule has 3 rings (SSSR count). The first-order chi connectivity index (χ1) is 11.9. The van der Waals surface area contributed by atoms with E-state index in [9.17, 15) is 13.2 Å². The summed E-state index contributed by atoms with van der Waals surface area (Å²) >= 11 is 6.07. The number of halogens is 1. The molecule has 1 aromatic rings. The van der Waals surface area contributed by atoms with E-state index in [1.165, 1.54) is 0 Å². The molecule has 0 radical (unpaired) electrons. The maximum absolute atomic E-state index is 12.6. The van der Waals surface area contributed by atoms with Gasteiger partial charge in [-0.15, -0.1) is 0 Å². The number of hydrogen-bond acceptors (Lipinski definition) is 5. The van der Waals surface area contributed by atoms with Crippen molar-refractivity contribution in [2.45, 2.75) is 25.5 Å². The van der Waals surface area contributed by atoms with Crippen LogP contribution >= 0.6 is 11.6 Å². The quantitative estimate of drug-likeness (QED) is 0.783. The van der Waals surface area contributed by atoms with Crippen LogP contribution < -0.4 is 4.74 Å². The van der Waals surface area contributed by atoms with Crippen LogP contribution in [0.25, 0.3) is 0 Å². The summed E-state index contributed by atoms with van der Waals surface area (Å²) in [6.45, 7) is 4.30. The fourth-order valence-corrected chi connectivity index (χ4v) is 5.35. The van der Waals surface area contributed by atoms with E-state index < -0.39 is 15.9 Å². The van der Waals surface area contributed by atoms with Crippen molar-refractivity contribution >= 4 is 27.3 Å². The lowest BCUT2D eigenvalue weighted by Gasteiger charge is -2.38. The van der Waals surface area contributed by atoms with Gasteiger partial charge in [0.2, 0.25) is 0 Å². The average Bonchev–Trinajstić information content (AvgIpc) is 2.96. The third-order valence-electron chi connectivity index (χ3n) is 4.84. The zero-order chi connectivity index (χ0) is 18.0. The second kappa shape index (κ2) is 7.51. The van der Waals surface area contributed by atoms with E-state index in [1.807, 2.05) is 12.1 Å². The van der Waals surface area contributed by atoms with Gasteiger partial charge < -0.3 is 9.64 Å². The summed E-state index contributed by atoms with van der Waals surface area (Å²) in [7, 11) is -2.88. The van der Waals surface area contributed by atoms with E-state index in [0.29, 0.717) is 43.4 Å². The molecule has 0 aromatic heterocycles. The van der Waals surface area contributed by atoms with Gasteiger partial charge in [0.15, 0.2) is 15.9 Å². The number of carbonyl (C=O) groups excluding carboxylic acids is 1. The summed E-state index contributed by atoms with van der Waals surface area (Å²) in [5, 5.41) is 0.481. The van der Waals surface area contributed by atoms with E-state index in [1.54, 1.807) is 24.0 Å². The molecule has 2 atom stereocenters. The van der Waals surface area contributed by atoms with Crippen molar-refractivity contribution < 1.29 is 17.9 Å². The number of rotatable bonds is 4. The Hall–Kier alpha value is -1.31. The average molecular weight is 387 g/mol. The zero-order valence-electron chi connectivity index (χ0n) is 14.2. The van der Waals surface area contributed by atoms with Crippen LogP contribution in [0.4, 0.5) is 0 Å². The largest absolute Gasteiger partial charge is 0.479 e. The first-order valence-corrected chi connectivity index (χ1v) is 10.7. The number of benzene rings is 1. The van der Waals surface area contributed by atoms with E-state index in [4.69, 9.17) is 16.3 Å². The van der Waals surface area contributed by atoms with Gasteiger partial charge in [0.25, 0.3) is 5.91 Å². The molecule has 0 saturated carbocycles. The smallest absolute Gasteiger partial charge is 0.263 e. The number of sulfone groups is 1. The van der Waals surface area contributed by atoms with Gasteiger partial charge in [-0.25, -0.2) is 8.42 Å². The highest BCUT2D eigenvalue weighted by atomic mass is 35.5. The molecular formula is C17H23ClN2O4S. The monoisotopic (exact) mass is 386 g/mol. The number of carbonyl (C=O) groups is 1. The Balaban J connectivity index is 1.52. The van der Waals surface area contributed by atoms with Gasteiger partial charge in [0.05, 0.1) is 16.5 Å². The van der Waals surface area contributed by atoms with E-state index in [0.717, 1.165) is 0 Å². The molecular weight excluding hydrogens is 364 g/mol. The standard InChI is InChI=1S/C17H23ClN2O4S/c1-13(24-16-5-3-2-4-15(16)18)17(21)20-9-7-19(8-10-20)14-6-11-25(22,23)12-14/h2-5,13-14H,6-12H2,1H3/t13-,14+/m1/s1. The third-order valence-corrected chi connectivity index (χ3v) is 6.90. The third kappa shape index (κ3) is 4.46. The van der Waals surface area contributed by atoms with Crippen LogP contribution in [0.5, 0.6) is 5.75 Å². The maximum atomic E-state index is 12.6.